The Morgan fingerprint density at radius 1 is 0.905 bits per heavy atom. The van der Waals surface area contributed by atoms with Crippen molar-refractivity contribution in [1.82, 2.24) is 0 Å². The fourth-order valence-corrected chi connectivity index (χ4v) is 8.54. The zero-order valence-corrected chi connectivity index (χ0v) is 14.6. The van der Waals surface area contributed by atoms with E-state index < -0.39 is 20.1 Å². The van der Waals surface area contributed by atoms with Crippen LogP contribution in [0.1, 0.15) is 47.1 Å². The second kappa shape index (κ2) is 6.42. The predicted molar refractivity (Wildman–Crippen MR) is 83.1 cm³/mol. The Morgan fingerprint density at radius 2 is 1.38 bits per heavy atom. The standard InChI is InChI=1S/C16H25F3OSi/c1-11(2)21(12(3)4,13(5)6)20-15-9-7-8-14(10-15)16(17,18)19/h7-13H,1-6H3. The van der Waals surface area contributed by atoms with E-state index in [2.05, 4.69) is 41.5 Å². The minimum Gasteiger partial charge on any atom is -0.543 e. The first-order valence-corrected chi connectivity index (χ1v) is 9.52. The van der Waals surface area contributed by atoms with Crippen LogP contribution in [0.15, 0.2) is 24.3 Å². The van der Waals surface area contributed by atoms with Crippen LogP contribution in [0.25, 0.3) is 0 Å². The molecule has 0 fully saturated rings. The van der Waals surface area contributed by atoms with Gasteiger partial charge in [0.1, 0.15) is 5.75 Å². The molecule has 5 heteroatoms. The van der Waals surface area contributed by atoms with E-state index in [4.69, 9.17) is 4.43 Å². The van der Waals surface area contributed by atoms with E-state index in [0.717, 1.165) is 12.1 Å². The van der Waals surface area contributed by atoms with Gasteiger partial charge in [-0.1, -0.05) is 47.6 Å². The summed E-state index contributed by atoms with van der Waals surface area (Å²) in [4.78, 5) is 0. The molecule has 1 rings (SSSR count). The van der Waals surface area contributed by atoms with E-state index in [1.165, 1.54) is 6.07 Å². The van der Waals surface area contributed by atoms with Crippen LogP contribution < -0.4 is 4.43 Å². The Kier molecular flexibility index (Phi) is 5.53. The number of alkyl halides is 3. The van der Waals surface area contributed by atoms with Gasteiger partial charge in [-0.05, 0) is 34.8 Å². The van der Waals surface area contributed by atoms with Gasteiger partial charge < -0.3 is 4.43 Å². The summed E-state index contributed by atoms with van der Waals surface area (Å²) in [5.41, 5.74) is 0.324. The SMILES string of the molecule is CC(C)[Si](Oc1cccc(C(F)(F)F)c1)(C(C)C)C(C)C. The minimum absolute atomic E-state index is 0.326. The summed E-state index contributed by atoms with van der Waals surface area (Å²) in [7, 11) is -2.22. The van der Waals surface area contributed by atoms with Crippen molar-refractivity contribution >= 4 is 8.32 Å². The van der Waals surface area contributed by atoms with Gasteiger partial charge in [0.15, 0.2) is 0 Å². The lowest BCUT2D eigenvalue weighted by Gasteiger charge is -2.42. The van der Waals surface area contributed by atoms with Gasteiger partial charge in [0, 0.05) is 0 Å². The summed E-state index contributed by atoms with van der Waals surface area (Å²) in [6.45, 7) is 12.7. The summed E-state index contributed by atoms with van der Waals surface area (Å²) >= 11 is 0. The Labute approximate surface area is 126 Å². The molecule has 1 aromatic carbocycles. The topological polar surface area (TPSA) is 9.23 Å². The van der Waals surface area contributed by atoms with E-state index in [1.54, 1.807) is 6.07 Å². The lowest BCUT2D eigenvalue weighted by molar-refractivity contribution is -0.137. The van der Waals surface area contributed by atoms with Crippen molar-refractivity contribution in [3.05, 3.63) is 29.8 Å². The summed E-state index contributed by atoms with van der Waals surface area (Å²) in [5.74, 6) is 0.340. The summed E-state index contributed by atoms with van der Waals surface area (Å²) < 4.78 is 44.8. The lowest BCUT2D eigenvalue weighted by atomic mass is 10.2. The molecule has 0 spiro atoms. The van der Waals surface area contributed by atoms with Gasteiger partial charge in [-0.3, -0.25) is 0 Å². The van der Waals surface area contributed by atoms with Crippen LogP contribution in [0, 0.1) is 0 Å². The zero-order valence-electron chi connectivity index (χ0n) is 13.6. The van der Waals surface area contributed by atoms with Gasteiger partial charge in [0.05, 0.1) is 5.56 Å². The number of rotatable bonds is 5. The molecule has 0 saturated heterocycles. The van der Waals surface area contributed by atoms with Crippen molar-refractivity contribution in [2.45, 2.75) is 64.3 Å². The molecule has 0 heterocycles. The van der Waals surface area contributed by atoms with E-state index >= 15 is 0 Å². The third-order valence-electron chi connectivity index (χ3n) is 4.16. The molecule has 0 saturated carbocycles. The highest BCUT2D eigenvalue weighted by molar-refractivity contribution is 6.78. The van der Waals surface area contributed by atoms with Crippen molar-refractivity contribution in [3.63, 3.8) is 0 Å². The molecule has 0 bridgehead atoms. The molecular weight excluding hydrogens is 293 g/mol. The normalized spacial score (nSPS) is 13.3. The zero-order chi connectivity index (χ0) is 16.4. The molecule has 21 heavy (non-hydrogen) atoms. The van der Waals surface area contributed by atoms with Crippen molar-refractivity contribution in [1.29, 1.82) is 0 Å². The van der Waals surface area contributed by atoms with Gasteiger partial charge in [-0.15, -0.1) is 0 Å². The molecule has 1 aromatic rings. The van der Waals surface area contributed by atoms with E-state index in [1.807, 2.05) is 0 Å². The minimum atomic E-state index is -4.34. The number of halogens is 3. The molecule has 0 radical (unpaired) electrons. The average molecular weight is 318 g/mol. The summed E-state index contributed by atoms with van der Waals surface area (Å²) in [6, 6.07) is 5.24. The molecule has 120 valence electrons. The molecule has 0 aliphatic carbocycles. The quantitative estimate of drug-likeness (QED) is 0.582. The van der Waals surface area contributed by atoms with E-state index in [0.29, 0.717) is 22.4 Å². The fraction of sp³-hybridized carbons (Fsp3) is 0.625. The van der Waals surface area contributed by atoms with Crippen LogP contribution in [0.5, 0.6) is 5.75 Å². The highest BCUT2D eigenvalue weighted by atomic mass is 28.4. The van der Waals surface area contributed by atoms with Crippen LogP contribution in [-0.4, -0.2) is 8.32 Å². The summed E-state index contributed by atoms with van der Waals surface area (Å²) in [5, 5.41) is 0. The van der Waals surface area contributed by atoms with Crippen LogP contribution in [-0.2, 0) is 6.18 Å². The van der Waals surface area contributed by atoms with Crippen LogP contribution in [0.3, 0.4) is 0 Å². The highest BCUT2D eigenvalue weighted by Crippen LogP contribution is 2.43. The van der Waals surface area contributed by atoms with E-state index in [-0.39, 0.29) is 0 Å². The molecule has 0 atom stereocenters. The largest absolute Gasteiger partial charge is 0.543 e. The maximum Gasteiger partial charge on any atom is 0.416 e. The number of benzene rings is 1. The number of hydrogen-bond acceptors (Lipinski definition) is 1. The lowest BCUT2D eigenvalue weighted by Crippen LogP contribution is -2.50. The van der Waals surface area contributed by atoms with Gasteiger partial charge in [0.2, 0.25) is 0 Å². The maximum atomic E-state index is 12.8. The van der Waals surface area contributed by atoms with Crippen LogP contribution in [0.4, 0.5) is 13.2 Å². The maximum absolute atomic E-state index is 12.8. The van der Waals surface area contributed by atoms with Gasteiger partial charge in [0.25, 0.3) is 8.32 Å². The van der Waals surface area contributed by atoms with Crippen LogP contribution in [0.2, 0.25) is 16.6 Å². The first-order chi connectivity index (χ1) is 9.51. The Bertz CT molecular complexity index is 445. The Balaban J connectivity index is 3.22. The first-order valence-electron chi connectivity index (χ1n) is 7.38. The summed E-state index contributed by atoms with van der Waals surface area (Å²) in [6.07, 6.45) is -4.34. The predicted octanol–water partition coefficient (Wildman–Crippen LogP) is 6.26. The monoisotopic (exact) mass is 318 g/mol. The first kappa shape index (κ1) is 18.1. The van der Waals surface area contributed by atoms with Crippen molar-refractivity contribution in [3.8, 4) is 5.75 Å². The second-order valence-corrected chi connectivity index (χ2v) is 11.8. The molecule has 0 amide bonds. The molecule has 0 aromatic heterocycles. The van der Waals surface area contributed by atoms with Gasteiger partial charge in [-0.25, -0.2) is 0 Å². The van der Waals surface area contributed by atoms with Crippen molar-refractivity contribution < 1.29 is 17.6 Å². The average Bonchev–Trinajstić information content (AvgIpc) is 2.33. The molecule has 0 unspecified atom stereocenters. The van der Waals surface area contributed by atoms with Gasteiger partial charge >= 0.3 is 6.18 Å². The van der Waals surface area contributed by atoms with E-state index in [9.17, 15) is 13.2 Å². The van der Waals surface area contributed by atoms with Crippen molar-refractivity contribution in [2.75, 3.05) is 0 Å². The highest BCUT2D eigenvalue weighted by Gasteiger charge is 2.47. The molecule has 1 nitrogen and oxygen atoms in total. The van der Waals surface area contributed by atoms with Crippen molar-refractivity contribution in [2.24, 2.45) is 0 Å². The molecule has 0 N–H and O–H groups in total. The fourth-order valence-electron chi connectivity index (χ4n) is 3.29. The molecule has 0 aliphatic rings. The Hall–Kier alpha value is -0.973. The Morgan fingerprint density at radius 3 is 1.76 bits per heavy atom. The van der Waals surface area contributed by atoms with Gasteiger partial charge in [-0.2, -0.15) is 13.2 Å². The second-order valence-electron chi connectivity index (χ2n) is 6.45. The third kappa shape index (κ3) is 3.81. The number of hydrogen-bond donors (Lipinski definition) is 0. The smallest absolute Gasteiger partial charge is 0.416 e. The molecular formula is C16H25F3OSi. The molecule has 0 aliphatic heterocycles. The van der Waals surface area contributed by atoms with Crippen LogP contribution >= 0.6 is 0 Å². The third-order valence-corrected chi connectivity index (χ3v) is 10.2.